The minimum absolute atomic E-state index is 0.144. The number of non-ortho nitro benzene ring substituents is 1. The number of nitro benzene ring substituents is 1. The van der Waals surface area contributed by atoms with Crippen molar-refractivity contribution in [2.75, 3.05) is 36.6 Å². The van der Waals surface area contributed by atoms with Gasteiger partial charge < -0.3 is 10.1 Å². The minimum atomic E-state index is -0.551. The van der Waals surface area contributed by atoms with Crippen LogP contribution in [-0.2, 0) is 4.74 Å². The molecule has 0 atom stereocenters. The maximum atomic E-state index is 12.6. The number of amides is 1. The normalized spacial score (nSPS) is 10.3. The quantitative estimate of drug-likeness (QED) is 0.157. The highest BCUT2D eigenvalue weighted by molar-refractivity contribution is 8.01. The van der Waals surface area contributed by atoms with Gasteiger partial charge in [-0.05, 0) is 6.07 Å². The summed E-state index contributed by atoms with van der Waals surface area (Å²) >= 11 is 2.67. The van der Waals surface area contributed by atoms with E-state index >= 15 is 0 Å². The number of hydrogen-bond donors (Lipinski definition) is 2. The van der Waals surface area contributed by atoms with Gasteiger partial charge in [0.05, 0.1) is 17.1 Å². The first-order chi connectivity index (χ1) is 12.5. The fourth-order valence-electron chi connectivity index (χ4n) is 1.89. The third-order valence-electron chi connectivity index (χ3n) is 3.03. The Morgan fingerprint density at radius 2 is 2.31 bits per heavy atom. The fourth-order valence-corrected chi connectivity index (χ4v) is 3.40. The molecule has 9 nitrogen and oxygen atoms in total. The van der Waals surface area contributed by atoms with Crippen LogP contribution in [0.2, 0.25) is 0 Å². The van der Waals surface area contributed by atoms with Crippen LogP contribution in [-0.4, -0.2) is 47.0 Å². The molecule has 0 spiro atoms. The van der Waals surface area contributed by atoms with Crippen molar-refractivity contribution in [3.63, 3.8) is 0 Å². The summed E-state index contributed by atoms with van der Waals surface area (Å²) in [7, 11) is 1.56. The number of aromatic nitrogens is 2. The number of rotatable bonds is 10. The summed E-state index contributed by atoms with van der Waals surface area (Å²) < 4.78 is 5.65. The number of carbonyl (C=O) groups excluding carboxylic acids is 1. The van der Waals surface area contributed by atoms with Gasteiger partial charge in [0.15, 0.2) is 4.34 Å². The maximum absolute atomic E-state index is 12.6. The molecule has 0 saturated carbocycles. The van der Waals surface area contributed by atoms with Gasteiger partial charge in [0.1, 0.15) is 0 Å². The lowest BCUT2D eigenvalue weighted by Gasteiger charge is -2.11. The Morgan fingerprint density at radius 1 is 1.50 bits per heavy atom. The van der Waals surface area contributed by atoms with Gasteiger partial charge in [0.2, 0.25) is 5.13 Å². The zero-order valence-corrected chi connectivity index (χ0v) is 15.6. The fraction of sp³-hybridized carbons (Fsp3) is 0.267. The molecule has 0 bridgehead atoms. The SMILES string of the molecule is C=CCSc1nnc(NC(=O)c2cc([N+](=O)[O-])ccc2NCCOC)s1. The molecule has 0 unspecified atom stereocenters. The van der Waals surface area contributed by atoms with Crippen LogP contribution in [0.1, 0.15) is 10.4 Å². The van der Waals surface area contributed by atoms with Gasteiger partial charge in [-0.1, -0.05) is 29.2 Å². The summed E-state index contributed by atoms with van der Waals surface area (Å²) in [4.78, 5) is 23.0. The first-order valence-electron chi connectivity index (χ1n) is 7.45. The van der Waals surface area contributed by atoms with Crippen molar-refractivity contribution in [1.29, 1.82) is 0 Å². The highest BCUT2D eigenvalue weighted by Gasteiger charge is 2.18. The van der Waals surface area contributed by atoms with E-state index in [-0.39, 0.29) is 11.3 Å². The lowest BCUT2D eigenvalue weighted by atomic mass is 10.1. The van der Waals surface area contributed by atoms with E-state index in [0.29, 0.717) is 34.1 Å². The summed E-state index contributed by atoms with van der Waals surface area (Å²) in [6, 6.07) is 4.05. The van der Waals surface area contributed by atoms with E-state index in [0.717, 1.165) is 0 Å². The van der Waals surface area contributed by atoms with Crippen LogP contribution in [0.3, 0.4) is 0 Å². The van der Waals surface area contributed by atoms with Crippen LogP contribution in [0.4, 0.5) is 16.5 Å². The second kappa shape index (κ2) is 9.85. The number of benzene rings is 1. The molecule has 1 aromatic heterocycles. The third-order valence-corrected chi connectivity index (χ3v) is 5.00. The maximum Gasteiger partial charge on any atom is 0.270 e. The van der Waals surface area contributed by atoms with Crippen molar-refractivity contribution in [2.24, 2.45) is 0 Å². The highest BCUT2D eigenvalue weighted by Crippen LogP contribution is 2.27. The summed E-state index contributed by atoms with van der Waals surface area (Å²) in [5.41, 5.74) is 0.439. The number of nitro groups is 1. The Balaban J connectivity index is 2.18. The van der Waals surface area contributed by atoms with Crippen molar-refractivity contribution in [3.8, 4) is 0 Å². The molecule has 11 heteroatoms. The zero-order chi connectivity index (χ0) is 18.9. The van der Waals surface area contributed by atoms with Crippen LogP contribution in [0.25, 0.3) is 0 Å². The van der Waals surface area contributed by atoms with Gasteiger partial charge in [0, 0.05) is 37.2 Å². The number of nitrogens with one attached hydrogen (secondary N) is 2. The van der Waals surface area contributed by atoms with Gasteiger partial charge in [0.25, 0.3) is 11.6 Å². The summed E-state index contributed by atoms with van der Waals surface area (Å²) in [5.74, 6) is 0.172. The molecule has 1 amide bonds. The molecule has 0 aliphatic heterocycles. The molecule has 1 aromatic carbocycles. The summed E-state index contributed by atoms with van der Waals surface area (Å²) in [6.45, 7) is 4.51. The molecular weight excluding hydrogens is 378 g/mol. The number of anilines is 2. The first-order valence-corrected chi connectivity index (χ1v) is 9.25. The number of carbonyl (C=O) groups is 1. The second-order valence-corrected chi connectivity index (χ2v) is 7.08. The lowest BCUT2D eigenvalue weighted by Crippen LogP contribution is -2.16. The Kier molecular flexibility index (Phi) is 7.51. The molecule has 2 rings (SSSR count). The van der Waals surface area contributed by atoms with Crippen molar-refractivity contribution in [1.82, 2.24) is 10.2 Å². The smallest absolute Gasteiger partial charge is 0.270 e. The number of nitrogens with zero attached hydrogens (tertiary/aromatic N) is 3. The van der Waals surface area contributed by atoms with Gasteiger partial charge in [-0.25, -0.2) is 0 Å². The van der Waals surface area contributed by atoms with Gasteiger partial charge in [-0.15, -0.1) is 16.8 Å². The minimum Gasteiger partial charge on any atom is -0.383 e. The molecular formula is C15H17N5O4S2. The number of methoxy groups -OCH3 is 1. The Hall–Kier alpha value is -2.50. The zero-order valence-electron chi connectivity index (χ0n) is 13.9. The summed E-state index contributed by atoms with van der Waals surface area (Å²) in [6.07, 6.45) is 1.74. The molecule has 26 heavy (non-hydrogen) atoms. The number of hydrogen-bond acceptors (Lipinski definition) is 9. The average molecular weight is 395 g/mol. The highest BCUT2D eigenvalue weighted by atomic mass is 32.2. The van der Waals surface area contributed by atoms with E-state index in [1.165, 1.54) is 41.3 Å². The van der Waals surface area contributed by atoms with Crippen LogP contribution in [0.5, 0.6) is 0 Å². The van der Waals surface area contributed by atoms with E-state index in [9.17, 15) is 14.9 Å². The number of ether oxygens (including phenoxy) is 1. The number of thioether (sulfide) groups is 1. The van der Waals surface area contributed by atoms with Crippen LogP contribution >= 0.6 is 23.1 Å². The van der Waals surface area contributed by atoms with E-state index < -0.39 is 10.8 Å². The van der Waals surface area contributed by atoms with E-state index in [1.807, 2.05) is 0 Å². The molecule has 0 saturated heterocycles. The van der Waals surface area contributed by atoms with E-state index in [4.69, 9.17) is 4.74 Å². The molecule has 0 aliphatic carbocycles. The van der Waals surface area contributed by atoms with Gasteiger partial charge in [-0.2, -0.15) is 0 Å². The third kappa shape index (κ3) is 5.51. The summed E-state index contributed by atoms with van der Waals surface area (Å²) in [5, 5.41) is 24.8. The predicted molar refractivity (Wildman–Crippen MR) is 102 cm³/mol. The largest absolute Gasteiger partial charge is 0.383 e. The molecule has 1 heterocycles. The molecule has 0 aliphatic rings. The predicted octanol–water partition coefficient (Wildman–Crippen LogP) is 3.04. The van der Waals surface area contributed by atoms with Crippen molar-refractivity contribution < 1.29 is 14.5 Å². The van der Waals surface area contributed by atoms with Gasteiger partial charge >= 0.3 is 0 Å². The van der Waals surface area contributed by atoms with Crippen LogP contribution in [0, 0.1) is 10.1 Å². The Labute approximate surface area is 158 Å². The molecule has 138 valence electrons. The monoisotopic (exact) mass is 395 g/mol. The lowest BCUT2D eigenvalue weighted by molar-refractivity contribution is -0.384. The van der Waals surface area contributed by atoms with Gasteiger partial charge in [-0.3, -0.25) is 20.2 Å². The van der Waals surface area contributed by atoms with Crippen molar-refractivity contribution in [2.45, 2.75) is 4.34 Å². The van der Waals surface area contributed by atoms with Crippen LogP contribution < -0.4 is 10.6 Å². The second-order valence-electron chi connectivity index (χ2n) is 4.83. The Bertz CT molecular complexity index is 796. The molecule has 0 fully saturated rings. The Morgan fingerprint density at radius 3 is 3.00 bits per heavy atom. The van der Waals surface area contributed by atoms with Crippen molar-refractivity contribution >= 4 is 45.5 Å². The average Bonchev–Trinajstić information content (AvgIpc) is 3.07. The van der Waals surface area contributed by atoms with E-state index in [2.05, 4.69) is 27.4 Å². The molecule has 0 radical (unpaired) electrons. The first kappa shape index (κ1) is 19.8. The molecule has 2 aromatic rings. The van der Waals surface area contributed by atoms with Crippen molar-refractivity contribution in [3.05, 3.63) is 46.5 Å². The van der Waals surface area contributed by atoms with E-state index in [1.54, 1.807) is 13.2 Å². The standard InChI is InChI=1S/C15H17N5O4S2/c1-3-8-25-15-19-18-14(26-15)17-13(21)11-9-10(20(22)23)4-5-12(11)16-6-7-24-2/h3-5,9,16H,1,6-8H2,2H3,(H,17,18,21). The molecule has 2 N–H and O–H groups in total. The topological polar surface area (TPSA) is 119 Å². The van der Waals surface area contributed by atoms with Crippen LogP contribution in [0.15, 0.2) is 35.2 Å².